The molecule has 0 aliphatic heterocycles. The molecule has 268 valence electrons. The van der Waals surface area contributed by atoms with E-state index in [1.165, 1.54) is 0 Å². The number of carbonyl (C=O) groups excluding carboxylic acids is 1. The lowest BCUT2D eigenvalue weighted by Crippen LogP contribution is -2.59. The standard InChI is InChI=1S/C37H72O6Si3/c1-16-45(17-2,18-3)42-35(26-30(7)29-40-33-24-22-32(39-13)23-25-33)37(12,43-46(19-4,20-5)21-6)27-34(31(8)28-38)41-44(14,15)36(9,10)11/h22-25,28,30-31,34-35H,16-21,26-27,29H2,1-15H3/t30-,31-,34-,35-,37+/m0/s1. The smallest absolute Gasteiger partial charge is 0.192 e. The Kier molecular flexibility index (Phi) is 17.5. The van der Waals surface area contributed by atoms with Gasteiger partial charge in [-0.25, -0.2) is 0 Å². The van der Waals surface area contributed by atoms with Crippen LogP contribution in [0.15, 0.2) is 24.3 Å². The molecule has 6 nitrogen and oxygen atoms in total. The summed E-state index contributed by atoms with van der Waals surface area (Å²) in [7, 11) is -4.66. The summed E-state index contributed by atoms with van der Waals surface area (Å²) < 4.78 is 33.9. The SMILES string of the molecule is CC[Si](CC)(CC)O[C@@H](C[C@H](C)COc1ccc(OC)cc1)[C@@](C)(C[C@H](O[Si](C)(C)C(C)(C)C)[C@@H](C)C=O)O[Si](CC)(CC)CC. The molecule has 0 aliphatic rings. The number of benzene rings is 1. The van der Waals surface area contributed by atoms with Gasteiger partial charge in [0, 0.05) is 12.3 Å². The van der Waals surface area contributed by atoms with Gasteiger partial charge >= 0.3 is 0 Å². The van der Waals surface area contributed by atoms with E-state index in [0.29, 0.717) is 13.0 Å². The molecule has 0 unspecified atom stereocenters. The van der Waals surface area contributed by atoms with Crippen molar-refractivity contribution in [2.75, 3.05) is 13.7 Å². The van der Waals surface area contributed by atoms with Crippen molar-refractivity contribution < 1.29 is 27.5 Å². The van der Waals surface area contributed by atoms with Crippen molar-refractivity contribution in [1.29, 1.82) is 0 Å². The second kappa shape index (κ2) is 18.7. The van der Waals surface area contributed by atoms with Gasteiger partial charge < -0.3 is 27.5 Å². The van der Waals surface area contributed by atoms with E-state index in [4.69, 9.17) is 22.8 Å². The van der Waals surface area contributed by atoms with Gasteiger partial charge in [-0.2, -0.15) is 0 Å². The van der Waals surface area contributed by atoms with E-state index in [1.54, 1.807) is 7.11 Å². The lowest BCUT2D eigenvalue weighted by atomic mass is 9.84. The molecular weight excluding hydrogens is 625 g/mol. The Bertz CT molecular complexity index is 987. The first kappa shape index (κ1) is 43.0. The fourth-order valence-electron chi connectivity index (χ4n) is 6.14. The van der Waals surface area contributed by atoms with Crippen LogP contribution in [0.25, 0.3) is 0 Å². The molecule has 9 heteroatoms. The van der Waals surface area contributed by atoms with Gasteiger partial charge in [0.1, 0.15) is 17.8 Å². The van der Waals surface area contributed by atoms with Crippen molar-refractivity contribution in [2.45, 2.75) is 168 Å². The van der Waals surface area contributed by atoms with Crippen molar-refractivity contribution in [2.24, 2.45) is 11.8 Å². The topological polar surface area (TPSA) is 63.2 Å². The summed E-state index contributed by atoms with van der Waals surface area (Å²) in [6, 6.07) is 14.1. The number of methoxy groups -OCH3 is 1. The maximum absolute atomic E-state index is 12.5. The Labute approximate surface area is 287 Å². The molecule has 0 spiro atoms. The highest BCUT2D eigenvalue weighted by Crippen LogP contribution is 2.43. The van der Waals surface area contributed by atoms with Gasteiger partial charge in [-0.05, 0) is 97.9 Å². The molecule has 0 aromatic heterocycles. The number of hydrogen-bond acceptors (Lipinski definition) is 6. The third kappa shape index (κ3) is 11.9. The summed E-state index contributed by atoms with van der Waals surface area (Å²) in [5, 5.41) is 0.0256. The largest absolute Gasteiger partial charge is 0.497 e. The first-order chi connectivity index (χ1) is 21.4. The van der Waals surface area contributed by atoms with Gasteiger partial charge in [-0.1, -0.05) is 76.2 Å². The molecule has 0 heterocycles. The molecule has 1 rings (SSSR count). The van der Waals surface area contributed by atoms with E-state index in [-0.39, 0.29) is 29.1 Å². The van der Waals surface area contributed by atoms with Crippen LogP contribution in [-0.4, -0.2) is 62.8 Å². The molecular formula is C37H72O6Si3. The maximum Gasteiger partial charge on any atom is 0.192 e. The van der Waals surface area contributed by atoms with Gasteiger partial charge in [-0.15, -0.1) is 0 Å². The zero-order valence-corrected chi connectivity index (χ0v) is 35.5. The molecule has 0 amide bonds. The molecule has 1 aromatic rings. The van der Waals surface area contributed by atoms with Gasteiger partial charge in [0.15, 0.2) is 25.0 Å². The van der Waals surface area contributed by atoms with Crippen molar-refractivity contribution in [3.63, 3.8) is 0 Å². The number of aldehydes is 1. The van der Waals surface area contributed by atoms with Crippen LogP contribution in [0.1, 0.15) is 95.9 Å². The molecule has 46 heavy (non-hydrogen) atoms. The third-order valence-electron chi connectivity index (χ3n) is 11.3. The van der Waals surface area contributed by atoms with Gasteiger partial charge in [0.2, 0.25) is 0 Å². The maximum atomic E-state index is 12.5. The van der Waals surface area contributed by atoms with E-state index < -0.39 is 30.6 Å². The fraction of sp³-hybridized carbons (Fsp3) is 0.811. The summed E-state index contributed by atoms with van der Waals surface area (Å²) in [5.74, 6) is 1.62. The predicted octanol–water partition coefficient (Wildman–Crippen LogP) is 10.9. The number of carbonyl (C=O) groups is 1. The van der Waals surface area contributed by atoms with Gasteiger partial charge in [-0.3, -0.25) is 0 Å². The Hall–Kier alpha value is -0.979. The van der Waals surface area contributed by atoms with E-state index in [0.717, 1.165) is 60.5 Å². The molecule has 0 saturated heterocycles. The zero-order chi connectivity index (χ0) is 35.4. The van der Waals surface area contributed by atoms with Crippen LogP contribution < -0.4 is 9.47 Å². The minimum atomic E-state index is -2.19. The van der Waals surface area contributed by atoms with Crippen LogP contribution in [-0.2, 0) is 18.1 Å². The van der Waals surface area contributed by atoms with Crippen molar-refractivity contribution in [1.82, 2.24) is 0 Å². The normalized spacial score (nSPS) is 17.1. The highest BCUT2D eigenvalue weighted by molar-refractivity contribution is 6.74. The van der Waals surface area contributed by atoms with Crippen molar-refractivity contribution in [3.05, 3.63) is 24.3 Å². The van der Waals surface area contributed by atoms with Gasteiger partial charge in [0.25, 0.3) is 0 Å². The van der Waals surface area contributed by atoms with Crippen LogP contribution in [0.2, 0.25) is 54.4 Å². The Balaban J connectivity index is 3.72. The quantitative estimate of drug-likeness (QED) is 0.0838. The van der Waals surface area contributed by atoms with Crippen LogP contribution >= 0.6 is 0 Å². The predicted molar refractivity (Wildman–Crippen MR) is 203 cm³/mol. The van der Waals surface area contributed by atoms with Gasteiger partial charge in [0.05, 0.1) is 31.5 Å². The molecule has 0 radical (unpaired) electrons. The van der Waals surface area contributed by atoms with E-state index in [2.05, 4.69) is 89.3 Å². The molecule has 0 fully saturated rings. The summed E-state index contributed by atoms with van der Waals surface area (Å²) in [4.78, 5) is 12.5. The van der Waals surface area contributed by atoms with E-state index in [9.17, 15) is 4.79 Å². The average Bonchev–Trinajstić information content (AvgIpc) is 3.03. The molecule has 0 saturated carbocycles. The summed E-state index contributed by atoms with van der Waals surface area (Å²) >= 11 is 0. The summed E-state index contributed by atoms with van der Waals surface area (Å²) in [5.41, 5.74) is -0.620. The Morgan fingerprint density at radius 1 is 0.761 bits per heavy atom. The number of hydrogen-bond donors (Lipinski definition) is 0. The minimum Gasteiger partial charge on any atom is -0.497 e. The van der Waals surface area contributed by atoms with Crippen LogP contribution in [0.5, 0.6) is 11.5 Å². The molecule has 5 atom stereocenters. The van der Waals surface area contributed by atoms with Crippen LogP contribution in [0, 0.1) is 11.8 Å². The average molecular weight is 697 g/mol. The number of ether oxygens (including phenoxy) is 2. The first-order valence-electron chi connectivity index (χ1n) is 18.2. The molecule has 1 aromatic carbocycles. The lowest BCUT2D eigenvalue weighted by molar-refractivity contribution is -0.117. The second-order valence-corrected chi connectivity index (χ2v) is 29.6. The summed E-state index contributed by atoms with van der Waals surface area (Å²) in [6.07, 6.45) is 2.12. The van der Waals surface area contributed by atoms with E-state index in [1.807, 2.05) is 31.2 Å². The molecule has 0 bridgehead atoms. The zero-order valence-electron chi connectivity index (χ0n) is 32.5. The van der Waals surface area contributed by atoms with Crippen LogP contribution in [0.3, 0.4) is 0 Å². The van der Waals surface area contributed by atoms with E-state index >= 15 is 0 Å². The van der Waals surface area contributed by atoms with Crippen molar-refractivity contribution in [3.8, 4) is 11.5 Å². The lowest BCUT2D eigenvalue weighted by Gasteiger charge is -2.50. The van der Waals surface area contributed by atoms with Crippen LogP contribution in [0.4, 0.5) is 0 Å². The number of rotatable bonds is 23. The second-order valence-electron chi connectivity index (χ2n) is 15.5. The highest BCUT2D eigenvalue weighted by Gasteiger charge is 2.50. The third-order valence-corrected chi connectivity index (χ3v) is 25.2. The highest BCUT2D eigenvalue weighted by atomic mass is 28.4. The fourth-order valence-corrected chi connectivity index (χ4v) is 13.6. The molecule has 0 N–H and O–H groups in total. The Morgan fingerprint density at radius 2 is 1.24 bits per heavy atom. The monoisotopic (exact) mass is 696 g/mol. The first-order valence-corrected chi connectivity index (χ1v) is 26.1. The summed E-state index contributed by atoms with van der Waals surface area (Å²) in [6.45, 7) is 32.3. The van der Waals surface area contributed by atoms with Crippen molar-refractivity contribution >= 4 is 31.2 Å². The Morgan fingerprint density at radius 3 is 1.65 bits per heavy atom. The molecule has 0 aliphatic carbocycles. The minimum absolute atomic E-state index is 0.0256.